The molecule has 8 heteroatoms. The van der Waals surface area contributed by atoms with Gasteiger partial charge in [0.05, 0.1) is 6.04 Å². The smallest absolute Gasteiger partial charge is 0.218 e. The van der Waals surface area contributed by atoms with Gasteiger partial charge in [-0.15, -0.1) is 11.3 Å². The molecule has 1 aliphatic rings. The van der Waals surface area contributed by atoms with Crippen LogP contribution in [0.1, 0.15) is 35.3 Å². The standard InChI is InChI=1S/C16H17N3O3S2/c1-10-8-23-16(17-10)15(11-6-7-11)19-24(20,21)9-13-12-4-2-3-5-14(12)22-18-13/h2-5,8,11,15,19H,6-7,9H2,1H3. The van der Waals surface area contributed by atoms with Crippen molar-refractivity contribution in [3.63, 3.8) is 0 Å². The zero-order chi connectivity index (χ0) is 16.7. The second-order valence-electron chi connectivity index (χ2n) is 6.14. The number of fused-ring (bicyclic) bond motifs is 1. The van der Waals surface area contributed by atoms with Crippen LogP contribution in [-0.2, 0) is 15.8 Å². The molecule has 4 rings (SSSR count). The van der Waals surface area contributed by atoms with E-state index in [1.54, 1.807) is 6.07 Å². The van der Waals surface area contributed by atoms with Gasteiger partial charge in [-0.1, -0.05) is 17.3 Å². The molecule has 0 spiro atoms. The van der Waals surface area contributed by atoms with Gasteiger partial charge in [0.15, 0.2) is 5.58 Å². The van der Waals surface area contributed by atoms with Gasteiger partial charge in [-0.25, -0.2) is 18.1 Å². The second kappa shape index (κ2) is 5.94. The molecule has 0 radical (unpaired) electrons. The molecule has 6 nitrogen and oxygen atoms in total. The first kappa shape index (κ1) is 15.7. The summed E-state index contributed by atoms with van der Waals surface area (Å²) in [6.45, 7) is 1.92. The molecule has 126 valence electrons. The minimum Gasteiger partial charge on any atom is -0.356 e. The third-order valence-electron chi connectivity index (χ3n) is 4.08. The summed E-state index contributed by atoms with van der Waals surface area (Å²) in [7, 11) is -3.54. The number of thiazole rings is 1. The van der Waals surface area contributed by atoms with E-state index in [0.717, 1.165) is 28.9 Å². The zero-order valence-electron chi connectivity index (χ0n) is 13.1. The Morgan fingerprint density at radius 3 is 2.88 bits per heavy atom. The second-order valence-corrected chi connectivity index (χ2v) is 8.79. The van der Waals surface area contributed by atoms with Crippen LogP contribution in [0.25, 0.3) is 11.0 Å². The number of rotatable bonds is 6. The van der Waals surface area contributed by atoms with Gasteiger partial charge in [0, 0.05) is 16.5 Å². The fourth-order valence-electron chi connectivity index (χ4n) is 2.75. The van der Waals surface area contributed by atoms with Gasteiger partial charge < -0.3 is 4.52 Å². The van der Waals surface area contributed by atoms with Crippen LogP contribution >= 0.6 is 11.3 Å². The monoisotopic (exact) mass is 363 g/mol. The first-order valence-electron chi connectivity index (χ1n) is 7.77. The lowest BCUT2D eigenvalue weighted by molar-refractivity contribution is 0.448. The number of hydrogen-bond acceptors (Lipinski definition) is 6. The minimum atomic E-state index is -3.54. The summed E-state index contributed by atoms with van der Waals surface area (Å²) in [5, 5.41) is 7.44. The first-order chi connectivity index (χ1) is 11.5. The van der Waals surface area contributed by atoms with Crippen LogP contribution in [0.3, 0.4) is 0 Å². The number of benzene rings is 1. The van der Waals surface area contributed by atoms with Gasteiger partial charge in [-0.2, -0.15) is 0 Å². The Morgan fingerprint density at radius 2 is 2.17 bits per heavy atom. The average molecular weight is 363 g/mol. The third-order valence-corrected chi connectivity index (χ3v) is 6.39. The quantitative estimate of drug-likeness (QED) is 0.727. The fourth-order valence-corrected chi connectivity index (χ4v) is 5.11. The topological polar surface area (TPSA) is 85.1 Å². The van der Waals surface area contributed by atoms with E-state index in [1.807, 2.05) is 30.5 Å². The minimum absolute atomic E-state index is 0.197. The Kier molecular flexibility index (Phi) is 3.90. The average Bonchev–Trinajstić information content (AvgIpc) is 3.19. The zero-order valence-corrected chi connectivity index (χ0v) is 14.7. The highest BCUT2D eigenvalue weighted by Gasteiger charge is 2.37. The van der Waals surface area contributed by atoms with Gasteiger partial charge in [0.2, 0.25) is 10.0 Å². The molecule has 24 heavy (non-hydrogen) atoms. The molecular formula is C16H17N3O3S2. The van der Waals surface area contributed by atoms with E-state index in [0.29, 0.717) is 17.2 Å². The number of aryl methyl sites for hydroxylation is 1. The van der Waals surface area contributed by atoms with E-state index in [-0.39, 0.29) is 11.8 Å². The molecule has 0 aliphatic heterocycles. The highest BCUT2D eigenvalue weighted by molar-refractivity contribution is 7.88. The van der Waals surface area contributed by atoms with E-state index in [1.165, 1.54) is 11.3 Å². The molecule has 1 N–H and O–H groups in total. The molecule has 0 amide bonds. The van der Waals surface area contributed by atoms with Crippen LogP contribution in [0.15, 0.2) is 34.2 Å². The molecule has 0 saturated heterocycles. The number of nitrogens with zero attached hydrogens (tertiary/aromatic N) is 2. The molecule has 1 aromatic carbocycles. The molecule has 2 aromatic heterocycles. The van der Waals surface area contributed by atoms with Crippen molar-refractivity contribution < 1.29 is 12.9 Å². The normalized spacial score (nSPS) is 16.5. The number of sulfonamides is 1. The van der Waals surface area contributed by atoms with E-state index in [2.05, 4.69) is 14.9 Å². The summed E-state index contributed by atoms with van der Waals surface area (Å²) in [6, 6.07) is 7.02. The van der Waals surface area contributed by atoms with Crippen LogP contribution in [0.4, 0.5) is 0 Å². The molecular weight excluding hydrogens is 346 g/mol. The molecule has 1 saturated carbocycles. The molecule has 1 unspecified atom stereocenters. The van der Waals surface area contributed by atoms with Gasteiger partial charge in [-0.05, 0) is 37.8 Å². The Bertz CT molecular complexity index is 973. The predicted octanol–water partition coefficient (Wildman–Crippen LogP) is 3.16. The summed E-state index contributed by atoms with van der Waals surface area (Å²) in [6.07, 6.45) is 2.05. The van der Waals surface area contributed by atoms with Crippen molar-refractivity contribution in [2.75, 3.05) is 0 Å². The van der Waals surface area contributed by atoms with Crippen LogP contribution in [-0.4, -0.2) is 18.6 Å². The van der Waals surface area contributed by atoms with Crippen LogP contribution in [0, 0.1) is 12.8 Å². The number of aromatic nitrogens is 2. The lowest BCUT2D eigenvalue weighted by Crippen LogP contribution is -2.31. The van der Waals surface area contributed by atoms with E-state index in [9.17, 15) is 8.42 Å². The molecule has 2 heterocycles. The van der Waals surface area contributed by atoms with E-state index >= 15 is 0 Å². The molecule has 1 atom stereocenters. The Hall–Kier alpha value is -1.77. The van der Waals surface area contributed by atoms with Crippen molar-refractivity contribution in [3.05, 3.63) is 46.0 Å². The SMILES string of the molecule is Cc1csc(C(NS(=O)(=O)Cc2noc3ccccc23)C2CC2)n1. The number of hydrogen-bond donors (Lipinski definition) is 1. The van der Waals surface area contributed by atoms with Crippen molar-refractivity contribution in [1.82, 2.24) is 14.9 Å². The van der Waals surface area contributed by atoms with Crippen molar-refractivity contribution in [1.29, 1.82) is 0 Å². The maximum Gasteiger partial charge on any atom is 0.218 e. The van der Waals surface area contributed by atoms with Gasteiger partial charge in [-0.3, -0.25) is 0 Å². The summed E-state index contributed by atoms with van der Waals surface area (Å²) in [4.78, 5) is 4.46. The lowest BCUT2D eigenvalue weighted by atomic mass is 10.2. The van der Waals surface area contributed by atoms with Gasteiger partial charge in [0.1, 0.15) is 16.5 Å². The Labute approximate surface area is 143 Å². The van der Waals surface area contributed by atoms with Crippen LogP contribution in [0.2, 0.25) is 0 Å². The largest absolute Gasteiger partial charge is 0.356 e. The molecule has 3 aromatic rings. The third kappa shape index (κ3) is 3.22. The van der Waals surface area contributed by atoms with Crippen LogP contribution in [0.5, 0.6) is 0 Å². The fraction of sp³-hybridized carbons (Fsp3) is 0.375. The maximum atomic E-state index is 12.6. The maximum absolute atomic E-state index is 12.6. The molecule has 1 aliphatic carbocycles. The van der Waals surface area contributed by atoms with E-state index in [4.69, 9.17) is 4.52 Å². The van der Waals surface area contributed by atoms with E-state index < -0.39 is 10.0 Å². The van der Waals surface area contributed by atoms with Crippen molar-refractivity contribution in [2.45, 2.75) is 31.6 Å². The van der Waals surface area contributed by atoms with Crippen molar-refractivity contribution in [2.24, 2.45) is 5.92 Å². The highest BCUT2D eigenvalue weighted by atomic mass is 32.2. The Balaban J connectivity index is 1.58. The molecule has 1 fully saturated rings. The summed E-state index contributed by atoms with van der Waals surface area (Å²) in [5.41, 5.74) is 1.95. The van der Waals surface area contributed by atoms with Crippen molar-refractivity contribution in [3.8, 4) is 0 Å². The summed E-state index contributed by atoms with van der Waals surface area (Å²) >= 11 is 1.50. The lowest BCUT2D eigenvalue weighted by Gasteiger charge is -2.15. The van der Waals surface area contributed by atoms with Gasteiger partial charge >= 0.3 is 0 Å². The Morgan fingerprint density at radius 1 is 1.38 bits per heavy atom. The number of para-hydroxylation sites is 1. The van der Waals surface area contributed by atoms with Crippen molar-refractivity contribution >= 4 is 32.3 Å². The first-order valence-corrected chi connectivity index (χ1v) is 10.3. The molecule has 0 bridgehead atoms. The van der Waals surface area contributed by atoms with Crippen LogP contribution < -0.4 is 4.72 Å². The summed E-state index contributed by atoms with van der Waals surface area (Å²) < 4.78 is 33.3. The summed E-state index contributed by atoms with van der Waals surface area (Å²) in [5.74, 6) is 0.136. The van der Waals surface area contributed by atoms with Gasteiger partial charge in [0.25, 0.3) is 0 Å². The highest BCUT2D eigenvalue weighted by Crippen LogP contribution is 2.42. The number of nitrogens with one attached hydrogen (secondary N) is 1. The predicted molar refractivity (Wildman–Crippen MR) is 92.1 cm³/mol.